The Kier molecular flexibility index (Phi) is 5.53. The Morgan fingerprint density at radius 1 is 1.08 bits per heavy atom. The highest BCUT2D eigenvalue weighted by molar-refractivity contribution is 5.85. The molecule has 1 aliphatic rings. The van der Waals surface area contributed by atoms with Crippen LogP contribution in [0, 0.1) is 5.92 Å². The second-order valence-electron chi connectivity index (χ2n) is 6.66. The van der Waals surface area contributed by atoms with Gasteiger partial charge in [-0.1, -0.05) is 43.2 Å². The molecule has 0 saturated heterocycles. The summed E-state index contributed by atoms with van der Waals surface area (Å²) in [6.45, 7) is 1.66. The number of carbonyl (C=O) groups excluding carboxylic acids is 2. The zero-order valence-electron chi connectivity index (χ0n) is 14.5. The third-order valence-corrected chi connectivity index (χ3v) is 4.68. The minimum atomic E-state index is -0.701. The molecule has 0 radical (unpaired) electrons. The van der Waals surface area contributed by atoms with Gasteiger partial charge in [0, 0.05) is 6.42 Å². The maximum absolute atomic E-state index is 12.1. The first-order chi connectivity index (χ1) is 12.1. The summed E-state index contributed by atoms with van der Waals surface area (Å²) in [5.74, 6) is 0.563. The van der Waals surface area contributed by atoms with Crippen LogP contribution in [0.3, 0.4) is 0 Å². The van der Waals surface area contributed by atoms with Crippen LogP contribution in [0.15, 0.2) is 42.5 Å². The summed E-state index contributed by atoms with van der Waals surface area (Å²) in [5.41, 5.74) is 4.94. The van der Waals surface area contributed by atoms with Gasteiger partial charge in [-0.15, -0.1) is 0 Å². The Morgan fingerprint density at radius 2 is 1.80 bits per heavy atom. The monoisotopic (exact) mass is 340 g/mol. The van der Waals surface area contributed by atoms with E-state index in [-0.39, 0.29) is 11.8 Å². The Bertz CT molecular complexity index is 753. The molecule has 2 amide bonds. The zero-order valence-corrected chi connectivity index (χ0v) is 14.5. The predicted octanol–water partition coefficient (Wildman–Crippen LogP) is 3.33. The Morgan fingerprint density at radius 3 is 2.56 bits per heavy atom. The normalized spacial score (nSPS) is 15.7. The lowest BCUT2D eigenvalue weighted by atomic mass is 10.0. The third kappa shape index (κ3) is 4.72. The molecule has 0 bridgehead atoms. The maximum Gasteiger partial charge on any atom is 0.279 e. The molecular formula is C20H24N2O3. The first kappa shape index (κ1) is 17.3. The van der Waals surface area contributed by atoms with Crippen molar-refractivity contribution in [2.24, 2.45) is 5.92 Å². The van der Waals surface area contributed by atoms with E-state index in [1.165, 1.54) is 12.8 Å². The highest BCUT2D eigenvalue weighted by Gasteiger charge is 2.20. The second-order valence-corrected chi connectivity index (χ2v) is 6.66. The fourth-order valence-corrected chi connectivity index (χ4v) is 3.26. The number of carbonyl (C=O) groups is 2. The smallest absolute Gasteiger partial charge is 0.279 e. The van der Waals surface area contributed by atoms with Crippen LogP contribution in [0.2, 0.25) is 0 Å². The first-order valence-electron chi connectivity index (χ1n) is 8.86. The van der Waals surface area contributed by atoms with E-state index < -0.39 is 6.10 Å². The fourth-order valence-electron chi connectivity index (χ4n) is 3.26. The lowest BCUT2D eigenvalue weighted by molar-refractivity contribution is -0.133. The average Bonchev–Trinajstić information content (AvgIpc) is 3.12. The highest BCUT2D eigenvalue weighted by atomic mass is 16.5. The average molecular weight is 340 g/mol. The Balaban J connectivity index is 1.48. The summed E-state index contributed by atoms with van der Waals surface area (Å²) in [7, 11) is 0. The van der Waals surface area contributed by atoms with Gasteiger partial charge in [-0.3, -0.25) is 20.4 Å². The van der Waals surface area contributed by atoms with E-state index in [9.17, 15) is 9.59 Å². The van der Waals surface area contributed by atoms with E-state index in [4.69, 9.17) is 4.74 Å². The molecule has 5 nitrogen and oxygen atoms in total. The van der Waals surface area contributed by atoms with Gasteiger partial charge in [0.15, 0.2) is 6.10 Å². The molecule has 0 spiro atoms. The van der Waals surface area contributed by atoms with Crippen molar-refractivity contribution >= 4 is 22.6 Å². The van der Waals surface area contributed by atoms with Crippen LogP contribution in [-0.4, -0.2) is 17.9 Å². The molecule has 0 aliphatic heterocycles. The van der Waals surface area contributed by atoms with Crippen molar-refractivity contribution in [1.82, 2.24) is 10.9 Å². The molecule has 1 atom stereocenters. The van der Waals surface area contributed by atoms with Gasteiger partial charge in [0.05, 0.1) is 0 Å². The molecule has 0 heterocycles. The van der Waals surface area contributed by atoms with Crippen LogP contribution in [-0.2, 0) is 9.59 Å². The van der Waals surface area contributed by atoms with Crippen molar-refractivity contribution in [3.8, 4) is 5.75 Å². The number of rotatable bonds is 5. The molecule has 3 rings (SSSR count). The minimum absolute atomic E-state index is 0.141. The van der Waals surface area contributed by atoms with Crippen LogP contribution >= 0.6 is 0 Å². The van der Waals surface area contributed by atoms with Gasteiger partial charge in [-0.2, -0.15) is 0 Å². The van der Waals surface area contributed by atoms with Crippen LogP contribution in [0.5, 0.6) is 5.75 Å². The van der Waals surface area contributed by atoms with Gasteiger partial charge in [0.25, 0.3) is 5.91 Å². The van der Waals surface area contributed by atoms with Crippen LogP contribution in [0.1, 0.15) is 39.0 Å². The summed E-state index contributed by atoms with van der Waals surface area (Å²) in [4.78, 5) is 24.0. The molecular weight excluding hydrogens is 316 g/mol. The van der Waals surface area contributed by atoms with E-state index in [1.807, 2.05) is 42.5 Å². The summed E-state index contributed by atoms with van der Waals surface area (Å²) >= 11 is 0. The molecule has 1 unspecified atom stereocenters. The topological polar surface area (TPSA) is 67.4 Å². The summed E-state index contributed by atoms with van der Waals surface area (Å²) in [5, 5.41) is 2.17. The Labute approximate surface area is 147 Å². The van der Waals surface area contributed by atoms with E-state index in [0.29, 0.717) is 18.1 Å². The van der Waals surface area contributed by atoms with Crippen LogP contribution in [0.4, 0.5) is 0 Å². The van der Waals surface area contributed by atoms with Gasteiger partial charge in [-0.05, 0) is 48.6 Å². The SMILES string of the molecule is CC(Oc1ccc2ccccc2c1)C(=O)NNC(=O)CC1CCCC1. The zero-order chi connectivity index (χ0) is 17.6. The van der Waals surface area contributed by atoms with Crippen LogP contribution in [0.25, 0.3) is 10.8 Å². The molecule has 1 saturated carbocycles. The highest BCUT2D eigenvalue weighted by Crippen LogP contribution is 2.27. The summed E-state index contributed by atoms with van der Waals surface area (Å²) < 4.78 is 5.69. The fraction of sp³-hybridized carbons (Fsp3) is 0.400. The Hall–Kier alpha value is -2.56. The molecule has 1 aliphatic carbocycles. The predicted molar refractivity (Wildman–Crippen MR) is 96.9 cm³/mol. The van der Waals surface area contributed by atoms with Gasteiger partial charge < -0.3 is 4.74 Å². The van der Waals surface area contributed by atoms with Gasteiger partial charge in [0.2, 0.25) is 5.91 Å². The first-order valence-corrected chi connectivity index (χ1v) is 8.86. The molecule has 25 heavy (non-hydrogen) atoms. The molecule has 2 aromatic carbocycles. The van der Waals surface area contributed by atoms with E-state index in [1.54, 1.807) is 6.92 Å². The van der Waals surface area contributed by atoms with E-state index >= 15 is 0 Å². The number of hydrogen-bond acceptors (Lipinski definition) is 3. The molecule has 5 heteroatoms. The van der Waals surface area contributed by atoms with Crippen molar-refractivity contribution in [2.75, 3.05) is 0 Å². The van der Waals surface area contributed by atoms with Gasteiger partial charge >= 0.3 is 0 Å². The van der Waals surface area contributed by atoms with Crippen molar-refractivity contribution in [3.63, 3.8) is 0 Å². The quantitative estimate of drug-likeness (QED) is 0.821. The number of fused-ring (bicyclic) bond motifs is 1. The maximum atomic E-state index is 12.1. The molecule has 2 aromatic rings. The van der Waals surface area contributed by atoms with Gasteiger partial charge in [-0.25, -0.2) is 0 Å². The largest absolute Gasteiger partial charge is 0.481 e. The number of benzene rings is 2. The number of amides is 2. The van der Waals surface area contributed by atoms with Crippen molar-refractivity contribution in [3.05, 3.63) is 42.5 Å². The number of nitrogens with one attached hydrogen (secondary N) is 2. The summed E-state index contributed by atoms with van der Waals surface area (Å²) in [6.07, 6.45) is 4.36. The number of hydrazine groups is 1. The molecule has 0 aromatic heterocycles. The van der Waals surface area contributed by atoms with Crippen molar-refractivity contribution < 1.29 is 14.3 Å². The standard InChI is InChI=1S/C20H24N2O3/c1-14(20(24)22-21-19(23)12-15-6-2-3-7-15)25-18-11-10-16-8-4-5-9-17(16)13-18/h4-5,8-11,13-15H,2-3,6-7,12H2,1H3,(H,21,23)(H,22,24). The summed E-state index contributed by atoms with van der Waals surface area (Å²) in [6, 6.07) is 13.7. The van der Waals surface area contributed by atoms with Crippen molar-refractivity contribution in [1.29, 1.82) is 0 Å². The van der Waals surface area contributed by atoms with Crippen molar-refractivity contribution in [2.45, 2.75) is 45.1 Å². The lowest BCUT2D eigenvalue weighted by Crippen LogP contribution is -2.47. The molecule has 132 valence electrons. The lowest BCUT2D eigenvalue weighted by Gasteiger charge is -2.16. The number of hydrogen-bond donors (Lipinski definition) is 2. The van der Waals surface area contributed by atoms with E-state index in [0.717, 1.165) is 23.6 Å². The third-order valence-electron chi connectivity index (χ3n) is 4.68. The number of ether oxygens (including phenoxy) is 1. The van der Waals surface area contributed by atoms with E-state index in [2.05, 4.69) is 10.9 Å². The molecule has 2 N–H and O–H groups in total. The second kappa shape index (κ2) is 8.01. The molecule has 1 fully saturated rings. The van der Waals surface area contributed by atoms with Gasteiger partial charge in [0.1, 0.15) is 5.75 Å². The van der Waals surface area contributed by atoms with Crippen LogP contribution < -0.4 is 15.6 Å². The minimum Gasteiger partial charge on any atom is -0.481 e.